The van der Waals surface area contributed by atoms with Gasteiger partial charge in [0.15, 0.2) is 5.78 Å². The van der Waals surface area contributed by atoms with Crippen molar-refractivity contribution >= 4 is 23.1 Å². The van der Waals surface area contributed by atoms with Crippen LogP contribution in [0.15, 0.2) is 11.4 Å². The monoisotopic (exact) mass is 321 g/mol. The van der Waals surface area contributed by atoms with E-state index in [0.717, 1.165) is 18.0 Å². The Balaban J connectivity index is 0.000000199. The van der Waals surface area contributed by atoms with E-state index in [9.17, 15) is 18.0 Å². The van der Waals surface area contributed by atoms with Crippen LogP contribution in [0.25, 0.3) is 0 Å². The van der Waals surface area contributed by atoms with Crippen LogP contribution in [0.5, 0.6) is 0 Å². The largest absolute Gasteiger partial charge is 0.490 e. The van der Waals surface area contributed by atoms with E-state index in [1.165, 1.54) is 5.56 Å². The number of rotatable bonds is 2. The van der Waals surface area contributed by atoms with E-state index in [1.54, 1.807) is 11.3 Å². The zero-order valence-electron chi connectivity index (χ0n) is 11.1. The molecule has 1 unspecified atom stereocenters. The van der Waals surface area contributed by atoms with E-state index < -0.39 is 12.1 Å². The summed E-state index contributed by atoms with van der Waals surface area (Å²) in [5.41, 5.74) is 1.21. The molecule has 2 fully saturated rings. The van der Waals surface area contributed by atoms with E-state index in [4.69, 9.17) is 9.90 Å². The predicted molar refractivity (Wildman–Crippen MR) is 70.4 cm³/mol. The number of carboxylic acids is 1. The Morgan fingerprint density at radius 1 is 1.33 bits per heavy atom. The average molecular weight is 321 g/mol. The van der Waals surface area contributed by atoms with Crippen molar-refractivity contribution < 1.29 is 27.9 Å². The van der Waals surface area contributed by atoms with E-state index in [2.05, 4.69) is 10.7 Å². The summed E-state index contributed by atoms with van der Waals surface area (Å²) in [7, 11) is 0. The topological polar surface area (TPSA) is 66.4 Å². The van der Waals surface area contributed by atoms with E-state index in [0.29, 0.717) is 23.5 Å². The van der Waals surface area contributed by atoms with Crippen LogP contribution in [0.3, 0.4) is 0 Å². The molecule has 1 aromatic rings. The van der Waals surface area contributed by atoms with Crippen molar-refractivity contribution in [3.63, 3.8) is 0 Å². The third-order valence-electron chi connectivity index (χ3n) is 3.61. The number of piperidine rings is 1. The molecule has 1 aliphatic heterocycles. The number of alkyl halides is 3. The minimum atomic E-state index is -5.08. The number of carbonyl (C=O) groups is 2. The number of aliphatic carboxylic acids is 1. The van der Waals surface area contributed by atoms with Crippen molar-refractivity contribution in [1.29, 1.82) is 0 Å². The molecule has 1 aliphatic carbocycles. The first-order valence-electron chi connectivity index (χ1n) is 6.32. The number of hydrogen-bond acceptors (Lipinski definition) is 4. The van der Waals surface area contributed by atoms with Crippen molar-refractivity contribution in [3.8, 4) is 0 Å². The lowest BCUT2D eigenvalue weighted by atomic mass is 10.1. The molecule has 116 valence electrons. The van der Waals surface area contributed by atoms with E-state index in [1.807, 2.05) is 13.0 Å². The zero-order valence-corrected chi connectivity index (χ0v) is 11.9. The smallest absolute Gasteiger partial charge is 0.475 e. The van der Waals surface area contributed by atoms with Gasteiger partial charge in [0.05, 0.1) is 4.88 Å². The number of carbonyl (C=O) groups excluding carboxylic acids is 1. The fourth-order valence-electron chi connectivity index (χ4n) is 2.53. The highest BCUT2D eigenvalue weighted by Crippen LogP contribution is 2.50. The summed E-state index contributed by atoms with van der Waals surface area (Å²) < 4.78 is 31.7. The number of halogens is 3. The Bertz CT molecular complexity index is 545. The number of fused-ring (bicyclic) bond motifs is 1. The lowest BCUT2D eigenvalue weighted by Crippen LogP contribution is -2.21. The summed E-state index contributed by atoms with van der Waals surface area (Å²) in [5, 5.41) is 12.5. The minimum Gasteiger partial charge on any atom is -0.475 e. The van der Waals surface area contributed by atoms with Gasteiger partial charge in [-0.05, 0) is 48.9 Å². The normalized spacial score (nSPS) is 26.6. The van der Waals surface area contributed by atoms with E-state index in [-0.39, 0.29) is 0 Å². The van der Waals surface area contributed by atoms with Crippen molar-refractivity contribution in [2.24, 2.45) is 17.8 Å². The molecule has 2 aliphatic rings. The lowest BCUT2D eigenvalue weighted by molar-refractivity contribution is -0.192. The van der Waals surface area contributed by atoms with Crippen LogP contribution in [0.1, 0.15) is 15.2 Å². The fourth-order valence-corrected chi connectivity index (χ4v) is 3.42. The van der Waals surface area contributed by atoms with Crippen LogP contribution in [0, 0.1) is 24.7 Å². The number of nitrogens with one attached hydrogen (secondary N) is 1. The summed E-state index contributed by atoms with van der Waals surface area (Å²) in [4.78, 5) is 21.9. The molecule has 3 atom stereocenters. The molecule has 3 rings (SSSR count). The Kier molecular flexibility index (Phi) is 4.38. The molecule has 0 aromatic carbocycles. The quantitative estimate of drug-likeness (QED) is 0.821. The molecule has 0 radical (unpaired) electrons. The number of hydrogen-bond donors (Lipinski definition) is 2. The van der Waals surface area contributed by atoms with Gasteiger partial charge in [0.2, 0.25) is 0 Å². The van der Waals surface area contributed by atoms with Gasteiger partial charge >= 0.3 is 12.1 Å². The van der Waals surface area contributed by atoms with E-state index >= 15 is 0 Å². The standard InChI is InChI=1S/C11H13NOS.C2HF3O2/c1-6-2-9(14-5-6)11(13)10-7-3-12-4-8(7)10;3-2(4,5)1(6)7/h2,5,7-8,10,12H,3-4H2,1H3;(H,6,7)/t7-,8+,10?;. The Labute approximate surface area is 123 Å². The molecular formula is C13H14F3NO3S. The zero-order chi connectivity index (χ0) is 15.8. The Morgan fingerprint density at radius 2 is 1.86 bits per heavy atom. The van der Waals surface area contributed by atoms with Gasteiger partial charge in [-0.3, -0.25) is 4.79 Å². The summed E-state index contributed by atoms with van der Waals surface area (Å²) in [5.74, 6) is -0.740. The van der Waals surface area contributed by atoms with Crippen LogP contribution in [0.4, 0.5) is 13.2 Å². The Hall–Kier alpha value is -1.41. The SMILES string of the molecule is Cc1csc(C(=O)C2[C@H]3CNC[C@@H]23)c1.O=C(O)C(F)(F)F. The van der Waals surface area contributed by atoms with Crippen LogP contribution in [-0.2, 0) is 4.79 Å². The third kappa shape index (κ3) is 3.62. The second-order valence-electron chi connectivity index (χ2n) is 5.17. The molecule has 1 saturated heterocycles. The number of ketones is 1. The molecule has 0 spiro atoms. The maximum atomic E-state index is 12.0. The van der Waals surface area contributed by atoms with Gasteiger partial charge in [0.25, 0.3) is 0 Å². The van der Waals surface area contributed by atoms with Gasteiger partial charge in [-0.15, -0.1) is 11.3 Å². The lowest BCUT2D eigenvalue weighted by Gasteiger charge is -2.00. The van der Waals surface area contributed by atoms with Gasteiger partial charge in [0, 0.05) is 5.92 Å². The second-order valence-corrected chi connectivity index (χ2v) is 6.08. The molecule has 8 heteroatoms. The number of carboxylic acid groups (broad SMARTS) is 1. The molecule has 1 aromatic heterocycles. The van der Waals surface area contributed by atoms with Crippen LogP contribution < -0.4 is 5.32 Å². The summed E-state index contributed by atoms with van der Waals surface area (Å²) >= 11 is 1.59. The molecule has 21 heavy (non-hydrogen) atoms. The first kappa shape index (κ1) is 16.0. The van der Waals surface area contributed by atoms with Crippen molar-refractivity contribution in [2.45, 2.75) is 13.1 Å². The molecule has 2 N–H and O–H groups in total. The number of Topliss-reactive ketones (excluding diaryl/α,β-unsaturated/α-hetero) is 1. The van der Waals surface area contributed by atoms with Crippen LogP contribution >= 0.6 is 11.3 Å². The van der Waals surface area contributed by atoms with Gasteiger partial charge in [-0.1, -0.05) is 0 Å². The highest BCUT2D eigenvalue weighted by molar-refractivity contribution is 7.12. The van der Waals surface area contributed by atoms with Gasteiger partial charge in [-0.2, -0.15) is 13.2 Å². The Morgan fingerprint density at radius 3 is 2.24 bits per heavy atom. The summed E-state index contributed by atoms with van der Waals surface area (Å²) in [6.07, 6.45) is -5.08. The molecule has 0 bridgehead atoms. The average Bonchev–Trinajstić information content (AvgIpc) is 2.78. The number of thiophene rings is 1. The maximum absolute atomic E-state index is 12.0. The van der Waals surface area contributed by atoms with Crippen molar-refractivity contribution in [3.05, 3.63) is 21.9 Å². The van der Waals surface area contributed by atoms with Gasteiger partial charge < -0.3 is 10.4 Å². The second kappa shape index (κ2) is 5.76. The molecule has 4 nitrogen and oxygen atoms in total. The van der Waals surface area contributed by atoms with Gasteiger partial charge in [-0.25, -0.2) is 4.79 Å². The van der Waals surface area contributed by atoms with Gasteiger partial charge in [0.1, 0.15) is 0 Å². The summed E-state index contributed by atoms with van der Waals surface area (Å²) in [6.45, 7) is 4.14. The van der Waals surface area contributed by atoms with Crippen molar-refractivity contribution in [1.82, 2.24) is 5.32 Å². The van der Waals surface area contributed by atoms with Crippen LogP contribution in [0.2, 0.25) is 0 Å². The molecule has 1 saturated carbocycles. The maximum Gasteiger partial charge on any atom is 0.490 e. The third-order valence-corrected chi connectivity index (χ3v) is 4.67. The highest BCUT2D eigenvalue weighted by atomic mass is 32.1. The molecule has 2 heterocycles. The minimum absolute atomic E-state index is 0.342. The first-order chi connectivity index (χ1) is 9.71. The van der Waals surface area contributed by atoms with Crippen molar-refractivity contribution in [2.75, 3.05) is 13.1 Å². The summed E-state index contributed by atoms with van der Waals surface area (Å²) in [6, 6.07) is 2.02. The van der Waals surface area contributed by atoms with Crippen LogP contribution in [-0.4, -0.2) is 36.1 Å². The fraction of sp³-hybridized carbons (Fsp3) is 0.538. The first-order valence-corrected chi connectivity index (χ1v) is 7.20. The molecular weight excluding hydrogens is 307 g/mol. The number of aryl methyl sites for hydroxylation is 1. The highest BCUT2D eigenvalue weighted by Gasteiger charge is 2.56. The molecule has 0 amide bonds. The predicted octanol–water partition coefficient (Wildman–Crippen LogP) is 2.34.